The maximum atomic E-state index is 2.75. The van der Waals surface area contributed by atoms with Crippen molar-refractivity contribution in [3.05, 3.63) is 49.9 Å². The predicted molar refractivity (Wildman–Crippen MR) is 148 cm³/mol. The molecule has 0 bridgehead atoms. The first kappa shape index (κ1) is 27.9. The summed E-state index contributed by atoms with van der Waals surface area (Å²) in [6.07, 6.45) is 3.99. The zero-order valence-electron chi connectivity index (χ0n) is 23.8. The molecule has 1 aliphatic carbocycles. The summed E-state index contributed by atoms with van der Waals surface area (Å²) in [5.74, 6) is 0.782. The van der Waals surface area contributed by atoms with E-state index in [1.54, 1.807) is 21.9 Å². The van der Waals surface area contributed by atoms with Crippen molar-refractivity contribution >= 4 is 13.3 Å². The third-order valence-electron chi connectivity index (χ3n) is 9.27. The van der Waals surface area contributed by atoms with Crippen LogP contribution in [-0.2, 0) is 15.3 Å². The number of allylic oxidation sites excluding steroid dienone is 4. The van der Waals surface area contributed by atoms with Crippen LogP contribution in [0.15, 0.2) is 38.8 Å². The van der Waals surface area contributed by atoms with Gasteiger partial charge >= 0.3 is 204 Å². The number of rotatable bonds is 9. The topological polar surface area (TPSA) is 0 Å². The molecule has 0 aliphatic heterocycles. The molecule has 1 aromatic carbocycles. The Balaban J connectivity index is 2.87. The molecule has 0 amide bonds. The number of hydrogen-bond donors (Lipinski definition) is 0. The van der Waals surface area contributed by atoms with E-state index in [1.807, 2.05) is 3.88 Å². The second kappa shape index (κ2) is 9.35. The molecule has 0 heterocycles. The minimum absolute atomic E-state index is 0.225. The monoisotopic (exact) mass is 489 g/mol. The summed E-state index contributed by atoms with van der Waals surface area (Å²) in [6.45, 7) is 24.6. The van der Waals surface area contributed by atoms with Gasteiger partial charge in [-0.2, -0.15) is 0 Å². The van der Waals surface area contributed by atoms with Crippen molar-refractivity contribution in [3.8, 4) is 0 Å². The molecule has 0 radical (unpaired) electrons. The SMILES string of the molecule is CCCC[Si](C)(c1cc(C)cc(C)c1)C1(C)C(C)=C(C)C(C)=[C]1[Ti]([CH3])([CH3])([CH3])[CH2]CC(C)C. The van der Waals surface area contributed by atoms with Crippen LogP contribution in [0.4, 0.5) is 0 Å². The van der Waals surface area contributed by atoms with Gasteiger partial charge in [0.15, 0.2) is 0 Å². The summed E-state index contributed by atoms with van der Waals surface area (Å²) in [7, 11) is -1.89. The molecule has 2 atom stereocenters. The van der Waals surface area contributed by atoms with Gasteiger partial charge in [0, 0.05) is 0 Å². The molecule has 0 spiro atoms. The van der Waals surface area contributed by atoms with Gasteiger partial charge in [0.25, 0.3) is 0 Å². The van der Waals surface area contributed by atoms with E-state index in [2.05, 4.69) is 103 Å². The van der Waals surface area contributed by atoms with Crippen molar-refractivity contribution in [3.63, 3.8) is 0 Å². The minimum atomic E-state index is -2.89. The molecule has 2 rings (SSSR count). The van der Waals surface area contributed by atoms with Crippen molar-refractivity contribution in [1.29, 1.82) is 0 Å². The van der Waals surface area contributed by atoms with Gasteiger partial charge in [-0.1, -0.05) is 0 Å². The summed E-state index contributed by atoms with van der Waals surface area (Å²) in [4.78, 5) is 0. The van der Waals surface area contributed by atoms with Gasteiger partial charge < -0.3 is 0 Å². The van der Waals surface area contributed by atoms with Crippen LogP contribution < -0.4 is 5.19 Å². The Morgan fingerprint density at radius 1 is 0.906 bits per heavy atom. The number of aryl methyl sites for hydroxylation is 2. The van der Waals surface area contributed by atoms with Crippen LogP contribution in [0.3, 0.4) is 0 Å². The Morgan fingerprint density at radius 2 is 1.44 bits per heavy atom. The third-order valence-corrected chi connectivity index (χ3v) is 22.8. The summed E-state index contributed by atoms with van der Waals surface area (Å²) >= 11 is -2.89. The van der Waals surface area contributed by atoms with Crippen LogP contribution in [0.5, 0.6) is 0 Å². The van der Waals surface area contributed by atoms with Crippen molar-refractivity contribution in [2.45, 2.75) is 120 Å². The van der Waals surface area contributed by atoms with E-state index in [0.717, 1.165) is 5.92 Å². The van der Waals surface area contributed by atoms with E-state index in [1.165, 1.54) is 41.2 Å². The maximum absolute atomic E-state index is 2.89. The summed E-state index contributed by atoms with van der Waals surface area (Å²) in [6, 6.07) is 8.86. The van der Waals surface area contributed by atoms with Crippen LogP contribution in [0.25, 0.3) is 0 Å². The molecule has 181 valence electrons. The molecule has 0 saturated heterocycles. The quantitative estimate of drug-likeness (QED) is 0.303. The average molecular weight is 490 g/mol. The molecular weight excluding hydrogens is 436 g/mol. The van der Waals surface area contributed by atoms with E-state index in [9.17, 15) is 0 Å². The fourth-order valence-electron chi connectivity index (χ4n) is 7.14. The van der Waals surface area contributed by atoms with E-state index >= 15 is 0 Å². The fraction of sp³-hybridized carbons (Fsp3) is 0.667. The zero-order chi connectivity index (χ0) is 24.7. The van der Waals surface area contributed by atoms with Gasteiger partial charge in [-0.05, 0) is 0 Å². The standard InChI is InChI=1S/C22H33Si.C5H11.3CH3.Ti/c1-9-10-11-23(8,21-13-16(2)12-17(3)14-21)22(7)15-18(4)19(5)20(22)6;1-4-5(2)3;;;;/h12-14H,9-11H2,1-8H3;5H,1,4H2,2-3H3;3*1H3;. The summed E-state index contributed by atoms with van der Waals surface area (Å²) in [5, 5.41) is 10.2. The van der Waals surface area contributed by atoms with Crippen molar-refractivity contribution < 1.29 is 15.3 Å². The number of benzene rings is 1. The molecule has 2 heteroatoms. The molecule has 0 fully saturated rings. The summed E-state index contributed by atoms with van der Waals surface area (Å²) in [5.41, 5.74) is 7.83. The second-order valence-corrected chi connectivity index (χ2v) is 30.8. The van der Waals surface area contributed by atoms with Gasteiger partial charge in [-0.3, -0.25) is 0 Å². The molecule has 0 N–H and O–H groups in total. The fourth-order valence-corrected chi connectivity index (χ4v) is 24.1. The summed E-state index contributed by atoms with van der Waals surface area (Å²) < 4.78 is 3.37. The molecule has 0 aromatic heterocycles. The molecule has 32 heavy (non-hydrogen) atoms. The third kappa shape index (κ3) is 4.87. The molecule has 0 saturated carbocycles. The molecule has 1 aliphatic rings. The van der Waals surface area contributed by atoms with Gasteiger partial charge in [-0.25, -0.2) is 0 Å². The van der Waals surface area contributed by atoms with Gasteiger partial charge in [0.05, 0.1) is 0 Å². The van der Waals surface area contributed by atoms with Gasteiger partial charge in [0.2, 0.25) is 0 Å². The van der Waals surface area contributed by atoms with Crippen LogP contribution in [0.1, 0.15) is 78.9 Å². The van der Waals surface area contributed by atoms with Crippen LogP contribution >= 0.6 is 0 Å². The van der Waals surface area contributed by atoms with Crippen LogP contribution in [0.2, 0.25) is 38.0 Å². The second-order valence-electron chi connectivity index (χ2n) is 13.6. The molecule has 1 aromatic rings. The Kier molecular flexibility index (Phi) is 8.14. The Bertz CT molecular complexity index is 904. The van der Waals surface area contributed by atoms with Crippen molar-refractivity contribution in [2.75, 3.05) is 0 Å². The van der Waals surface area contributed by atoms with E-state index in [4.69, 9.17) is 0 Å². The first-order valence-electron chi connectivity index (χ1n) is 13.2. The zero-order valence-corrected chi connectivity index (χ0v) is 26.4. The average Bonchev–Trinajstić information content (AvgIpc) is 2.85. The van der Waals surface area contributed by atoms with E-state index < -0.39 is 23.4 Å². The molecule has 2 unspecified atom stereocenters. The predicted octanol–water partition coefficient (Wildman–Crippen LogP) is 10.1. The first-order valence-corrected chi connectivity index (χ1v) is 22.5. The van der Waals surface area contributed by atoms with E-state index in [0.29, 0.717) is 0 Å². The van der Waals surface area contributed by atoms with Crippen molar-refractivity contribution in [1.82, 2.24) is 0 Å². The van der Waals surface area contributed by atoms with Gasteiger partial charge in [-0.15, -0.1) is 0 Å². The molecule has 0 nitrogen and oxygen atoms in total. The molecular formula is C30H53SiTi. The first-order chi connectivity index (χ1) is 14.5. The van der Waals surface area contributed by atoms with E-state index in [-0.39, 0.29) is 5.04 Å². The van der Waals surface area contributed by atoms with Crippen molar-refractivity contribution in [2.24, 2.45) is 5.92 Å². The Morgan fingerprint density at radius 3 is 1.91 bits per heavy atom. The Hall–Kier alpha value is -0.369. The van der Waals surface area contributed by atoms with Crippen LogP contribution in [0, 0.1) is 19.8 Å². The number of unbranched alkanes of at least 4 members (excludes halogenated alkanes) is 1. The number of hydrogen-bond acceptors (Lipinski definition) is 0. The van der Waals surface area contributed by atoms with Crippen LogP contribution in [-0.4, -0.2) is 8.07 Å². The normalized spacial score (nSPS) is 23.0. The Labute approximate surface area is 203 Å². The van der Waals surface area contributed by atoms with Gasteiger partial charge in [0.1, 0.15) is 0 Å².